The van der Waals surface area contributed by atoms with Crippen molar-refractivity contribution >= 4 is 17.5 Å². The van der Waals surface area contributed by atoms with Gasteiger partial charge in [-0.25, -0.2) is 0 Å². The Morgan fingerprint density at radius 3 is 2.53 bits per heavy atom. The number of amides is 1. The van der Waals surface area contributed by atoms with Gasteiger partial charge in [0.2, 0.25) is 5.91 Å². The van der Waals surface area contributed by atoms with Gasteiger partial charge < -0.3 is 29.5 Å². The van der Waals surface area contributed by atoms with Gasteiger partial charge in [0.15, 0.2) is 0 Å². The lowest BCUT2D eigenvalue weighted by molar-refractivity contribution is -0.124. The van der Waals surface area contributed by atoms with Crippen molar-refractivity contribution in [3.63, 3.8) is 0 Å². The van der Waals surface area contributed by atoms with Crippen LogP contribution in [-0.4, -0.2) is 77.8 Å². The molecule has 3 aromatic carbocycles. The van der Waals surface area contributed by atoms with Gasteiger partial charge in [-0.1, -0.05) is 41.9 Å². The van der Waals surface area contributed by atoms with E-state index in [0.717, 1.165) is 77.2 Å². The number of hydrogen-bond donors (Lipinski definition) is 2. The summed E-state index contributed by atoms with van der Waals surface area (Å²) in [6.45, 7) is 9.97. The number of aliphatic hydroxyl groups is 1. The van der Waals surface area contributed by atoms with Crippen LogP contribution in [0.3, 0.4) is 0 Å². The Kier molecular flexibility index (Phi) is 12.1. The number of pyridine rings is 1. The van der Waals surface area contributed by atoms with Gasteiger partial charge in [0.05, 0.1) is 29.8 Å². The average Bonchev–Trinajstić information content (AvgIpc) is 3.55. The third kappa shape index (κ3) is 9.37. The smallest absolute Gasteiger partial charge is 0.234 e. The van der Waals surface area contributed by atoms with Gasteiger partial charge in [-0.15, -0.1) is 0 Å². The zero-order valence-corrected chi connectivity index (χ0v) is 29.9. The summed E-state index contributed by atoms with van der Waals surface area (Å²) in [5.74, 6) is 1.92. The summed E-state index contributed by atoms with van der Waals surface area (Å²) in [7, 11) is 0. The Bertz CT molecular complexity index is 1900. The second kappa shape index (κ2) is 17.0. The lowest BCUT2D eigenvalue weighted by Gasteiger charge is -2.27. The van der Waals surface area contributed by atoms with E-state index in [2.05, 4.69) is 53.3 Å². The summed E-state index contributed by atoms with van der Waals surface area (Å²) < 4.78 is 18.9. The molecule has 0 radical (unpaired) electrons. The number of piperazine rings is 1. The molecule has 2 aliphatic heterocycles. The number of rotatable bonds is 14. The zero-order chi connectivity index (χ0) is 35.7. The Labute approximate surface area is 304 Å². The fraction of sp³-hybridized carbons (Fsp3) is 0.375. The molecule has 6 rings (SSSR count). The highest BCUT2D eigenvalue weighted by molar-refractivity contribution is 6.32. The van der Waals surface area contributed by atoms with E-state index >= 15 is 0 Å². The number of hydrogen-bond acceptors (Lipinski definition) is 9. The first kappa shape index (κ1) is 36.1. The van der Waals surface area contributed by atoms with Crippen LogP contribution in [0, 0.1) is 25.2 Å². The van der Waals surface area contributed by atoms with Crippen LogP contribution in [0.15, 0.2) is 67.0 Å². The second-order valence-corrected chi connectivity index (χ2v) is 13.6. The Balaban J connectivity index is 1.16. The molecule has 2 fully saturated rings. The second-order valence-electron chi connectivity index (χ2n) is 13.2. The summed E-state index contributed by atoms with van der Waals surface area (Å²) in [5, 5.41) is 22.4. The van der Waals surface area contributed by atoms with Crippen LogP contribution in [0.25, 0.3) is 11.1 Å². The van der Waals surface area contributed by atoms with Gasteiger partial charge in [0.1, 0.15) is 36.5 Å². The number of β-amino-alcohol motifs (C(OH)–C–C–N with tert-alkyl or cyclic N) is 1. The minimum absolute atomic E-state index is 0.0173. The van der Waals surface area contributed by atoms with Crippen LogP contribution in [0.2, 0.25) is 5.02 Å². The molecule has 0 bridgehead atoms. The van der Waals surface area contributed by atoms with E-state index in [1.165, 1.54) is 6.20 Å². The summed E-state index contributed by atoms with van der Waals surface area (Å²) in [4.78, 5) is 20.5. The number of nitrogens with one attached hydrogen (secondary N) is 1. The van der Waals surface area contributed by atoms with Crippen molar-refractivity contribution in [1.29, 1.82) is 5.26 Å². The maximum Gasteiger partial charge on any atom is 0.234 e. The maximum atomic E-state index is 12.1. The quantitative estimate of drug-likeness (QED) is 0.156. The zero-order valence-electron chi connectivity index (χ0n) is 29.2. The molecule has 1 atom stereocenters. The first-order valence-corrected chi connectivity index (χ1v) is 17.8. The van der Waals surface area contributed by atoms with Crippen LogP contribution in [0.4, 0.5) is 0 Å². The molecule has 11 heteroatoms. The number of ether oxygens (including phenoxy) is 3. The van der Waals surface area contributed by atoms with Crippen LogP contribution < -0.4 is 19.5 Å². The van der Waals surface area contributed by atoms with Crippen LogP contribution in [0.1, 0.15) is 46.2 Å². The predicted molar refractivity (Wildman–Crippen MR) is 196 cm³/mol. The fourth-order valence-electron chi connectivity index (χ4n) is 6.64. The lowest BCUT2D eigenvalue weighted by atomic mass is 9.93. The molecular formula is C40H44ClN5O5. The van der Waals surface area contributed by atoms with Gasteiger partial charge in [-0.2, -0.15) is 5.26 Å². The molecule has 4 aromatic rings. The molecule has 1 aromatic heterocycles. The number of carbonyl (C=O) groups is 1. The van der Waals surface area contributed by atoms with Crippen molar-refractivity contribution in [2.45, 2.75) is 52.6 Å². The van der Waals surface area contributed by atoms with E-state index in [1.807, 2.05) is 29.2 Å². The molecule has 2 aliphatic rings. The number of aliphatic hydroxyl groups excluding tert-OH is 1. The number of benzene rings is 3. The Hall–Kier alpha value is -4.66. The van der Waals surface area contributed by atoms with Crippen molar-refractivity contribution in [2.24, 2.45) is 0 Å². The SMILES string of the molecule is Cc1c(COc2cc(OCc3cncc(C#N)c3)c(CN3CCNC(=O)C3)cc2Cl)cccc1-c1cccc(OCCCN2CCC(O)C2)c1C. The predicted octanol–water partition coefficient (Wildman–Crippen LogP) is 5.82. The highest BCUT2D eigenvalue weighted by Gasteiger charge is 2.21. The highest BCUT2D eigenvalue weighted by Crippen LogP contribution is 2.37. The lowest BCUT2D eigenvalue weighted by Crippen LogP contribution is -2.47. The van der Waals surface area contributed by atoms with Crippen LogP contribution >= 0.6 is 11.6 Å². The fourth-order valence-corrected chi connectivity index (χ4v) is 6.88. The summed E-state index contributed by atoms with van der Waals surface area (Å²) >= 11 is 6.82. The number of aromatic nitrogens is 1. The summed E-state index contributed by atoms with van der Waals surface area (Å²) in [6, 6.07) is 19.9. The largest absolute Gasteiger partial charge is 0.493 e. The number of carbonyl (C=O) groups excluding carboxylic acids is 1. The molecule has 51 heavy (non-hydrogen) atoms. The number of halogens is 1. The molecule has 10 nitrogen and oxygen atoms in total. The van der Waals surface area contributed by atoms with Crippen molar-refractivity contribution in [2.75, 3.05) is 45.9 Å². The van der Waals surface area contributed by atoms with Crippen molar-refractivity contribution in [1.82, 2.24) is 20.1 Å². The third-order valence-electron chi connectivity index (χ3n) is 9.47. The first-order chi connectivity index (χ1) is 24.8. The molecule has 0 spiro atoms. The molecule has 1 unspecified atom stereocenters. The van der Waals surface area contributed by atoms with Gasteiger partial charge in [-0.3, -0.25) is 14.7 Å². The van der Waals surface area contributed by atoms with Gasteiger partial charge in [0, 0.05) is 68.9 Å². The summed E-state index contributed by atoms with van der Waals surface area (Å²) in [6.07, 6.45) is 4.73. The maximum absolute atomic E-state index is 12.1. The molecule has 2 N–H and O–H groups in total. The van der Waals surface area contributed by atoms with E-state index in [1.54, 1.807) is 18.3 Å². The van der Waals surface area contributed by atoms with E-state index in [4.69, 9.17) is 25.8 Å². The number of likely N-dealkylation sites (tertiary alicyclic amines) is 1. The van der Waals surface area contributed by atoms with E-state index in [9.17, 15) is 15.2 Å². The molecule has 1 amide bonds. The topological polar surface area (TPSA) is 120 Å². The van der Waals surface area contributed by atoms with Gasteiger partial charge in [0.25, 0.3) is 0 Å². The minimum atomic E-state index is -0.205. The Morgan fingerprint density at radius 1 is 0.941 bits per heavy atom. The molecule has 0 saturated carbocycles. The monoisotopic (exact) mass is 709 g/mol. The summed E-state index contributed by atoms with van der Waals surface area (Å²) in [5.41, 5.74) is 7.46. The molecular weight excluding hydrogens is 666 g/mol. The molecule has 0 aliphatic carbocycles. The first-order valence-electron chi connectivity index (χ1n) is 17.4. The third-order valence-corrected chi connectivity index (χ3v) is 9.77. The van der Waals surface area contributed by atoms with Crippen molar-refractivity contribution in [3.05, 3.63) is 105 Å². The number of nitrogens with zero attached hydrogens (tertiary/aromatic N) is 4. The molecule has 266 valence electrons. The normalized spacial score (nSPS) is 16.5. The van der Waals surface area contributed by atoms with E-state index in [0.29, 0.717) is 54.9 Å². The van der Waals surface area contributed by atoms with Crippen molar-refractivity contribution in [3.8, 4) is 34.4 Å². The standard InChI is InChI=1S/C40H44ClN5O5/c1-27-31(6-3-7-34(27)35-8-4-9-37(28(35)2)49-15-5-12-45-13-10-33(47)23-45)26-51-39-18-38(50-25-30-16-29(19-42)20-43-21-30)32(17-36(39)41)22-46-14-11-44-40(48)24-46/h3-4,6-9,16-18,20-21,33,47H,5,10-15,22-26H2,1-2H3,(H,44,48). The van der Waals surface area contributed by atoms with E-state index in [-0.39, 0.29) is 25.2 Å². The molecule has 3 heterocycles. The number of nitriles is 1. The average molecular weight is 710 g/mol. The van der Waals surface area contributed by atoms with Crippen LogP contribution in [-0.2, 0) is 24.6 Å². The van der Waals surface area contributed by atoms with Gasteiger partial charge in [-0.05, 0) is 72.7 Å². The van der Waals surface area contributed by atoms with E-state index < -0.39 is 0 Å². The van der Waals surface area contributed by atoms with Gasteiger partial charge >= 0.3 is 0 Å². The minimum Gasteiger partial charge on any atom is -0.493 e. The van der Waals surface area contributed by atoms with Crippen LogP contribution in [0.5, 0.6) is 17.2 Å². The Morgan fingerprint density at radius 2 is 1.75 bits per heavy atom. The van der Waals surface area contributed by atoms with Crippen molar-refractivity contribution < 1.29 is 24.1 Å². The molecule has 2 saturated heterocycles. The highest BCUT2D eigenvalue weighted by atomic mass is 35.5.